The van der Waals surface area contributed by atoms with Gasteiger partial charge in [-0.1, -0.05) is 13.8 Å². The zero-order chi connectivity index (χ0) is 14.5. The number of anilines is 1. The normalized spacial score (nSPS) is 19.1. The van der Waals surface area contributed by atoms with Crippen LogP contribution < -0.4 is 10.6 Å². The lowest BCUT2D eigenvalue weighted by atomic mass is 10.1. The average Bonchev–Trinajstić information content (AvgIpc) is 2.90. The van der Waals surface area contributed by atoms with E-state index in [1.165, 1.54) is 6.42 Å². The third-order valence-corrected chi connectivity index (χ3v) is 4.29. The van der Waals surface area contributed by atoms with E-state index in [-0.39, 0.29) is 5.82 Å². The van der Waals surface area contributed by atoms with Crippen LogP contribution in [-0.4, -0.2) is 43.7 Å². The second-order valence-corrected chi connectivity index (χ2v) is 5.42. The lowest BCUT2D eigenvalue weighted by Gasteiger charge is -2.27. The smallest absolute Gasteiger partial charge is 0.123 e. The van der Waals surface area contributed by atoms with Crippen molar-refractivity contribution in [3.05, 3.63) is 29.6 Å². The van der Waals surface area contributed by atoms with Crippen LogP contribution in [-0.2, 0) is 6.42 Å². The predicted octanol–water partition coefficient (Wildman–Crippen LogP) is 2.25. The van der Waals surface area contributed by atoms with Crippen molar-refractivity contribution in [1.29, 1.82) is 0 Å². The molecule has 2 rings (SSSR count). The minimum atomic E-state index is -0.170. The number of halogens is 1. The molecule has 20 heavy (non-hydrogen) atoms. The minimum Gasteiger partial charge on any atom is -0.370 e. The molecule has 1 saturated heterocycles. The van der Waals surface area contributed by atoms with Gasteiger partial charge in [0.2, 0.25) is 0 Å². The van der Waals surface area contributed by atoms with Gasteiger partial charge in [-0.25, -0.2) is 4.39 Å². The molecule has 4 heteroatoms. The second-order valence-electron chi connectivity index (χ2n) is 5.42. The van der Waals surface area contributed by atoms with Crippen LogP contribution in [0, 0.1) is 5.82 Å². The third kappa shape index (κ3) is 3.30. The number of likely N-dealkylation sites (N-methyl/N-ethyl adjacent to an activating group) is 1. The van der Waals surface area contributed by atoms with Crippen LogP contribution in [0.1, 0.15) is 25.8 Å². The number of nitrogens with zero attached hydrogens (tertiary/aromatic N) is 2. The maximum absolute atomic E-state index is 13.4. The van der Waals surface area contributed by atoms with Crippen molar-refractivity contribution < 1.29 is 4.39 Å². The van der Waals surface area contributed by atoms with E-state index in [9.17, 15) is 4.39 Å². The Labute approximate surface area is 121 Å². The number of hydrogen-bond donors (Lipinski definition) is 1. The Hall–Kier alpha value is -1.13. The van der Waals surface area contributed by atoms with Gasteiger partial charge < -0.3 is 10.6 Å². The van der Waals surface area contributed by atoms with Gasteiger partial charge in [0.15, 0.2) is 0 Å². The number of rotatable bonds is 6. The summed E-state index contributed by atoms with van der Waals surface area (Å²) in [5.41, 5.74) is 7.84. The fourth-order valence-electron chi connectivity index (χ4n) is 3.22. The Bertz CT molecular complexity index is 432. The van der Waals surface area contributed by atoms with Crippen molar-refractivity contribution in [2.24, 2.45) is 5.73 Å². The van der Waals surface area contributed by atoms with Gasteiger partial charge in [-0.2, -0.15) is 0 Å². The first-order valence-electron chi connectivity index (χ1n) is 7.67. The van der Waals surface area contributed by atoms with Crippen LogP contribution in [0.15, 0.2) is 18.2 Å². The number of hydrogen-bond acceptors (Lipinski definition) is 3. The highest BCUT2D eigenvalue weighted by Crippen LogP contribution is 2.27. The van der Waals surface area contributed by atoms with Crippen LogP contribution in [0.4, 0.5) is 10.1 Å². The van der Waals surface area contributed by atoms with Crippen LogP contribution in [0.25, 0.3) is 0 Å². The number of nitrogens with two attached hydrogens (primary N) is 1. The summed E-state index contributed by atoms with van der Waals surface area (Å²) in [4.78, 5) is 4.89. The van der Waals surface area contributed by atoms with Crippen LogP contribution in [0.3, 0.4) is 0 Å². The van der Waals surface area contributed by atoms with Crippen molar-refractivity contribution in [3.8, 4) is 0 Å². The van der Waals surface area contributed by atoms with Gasteiger partial charge in [0.05, 0.1) is 0 Å². The first-order chi connectivity index (χ1) is 9.69. The molecule has 0 amide bonds. The summed E-state index contributed by atoms with van der Waals surface area (Å²) in [5.74, 6) is -0.170. The maximum atomic E-state index is 13.4. The van der Waals surface area contributed by atoms with E-state index in [2.05, 4.69) is 23.6 Å². The average molecular weight is 279 g/mol. The Kier molecular flexibility index (Phi) is 5.38. The summed E-state index contributed by atoms with van der Waals surface area (Å²) < 4.78 is 13.4. The molecule has 112 valence electrons. The fraction of sp³-hybridized carbons (Fsp3) is 0.625. The summed E-state index contributed by atoms with van der Waals surface area (Å²) in [5, 5.41) is 0. The van der Waals surface area contributed by atoms with Crippen LogP contribution >= 0.6 is 0 Å². The number of benzene rings is 1. The lowest BCUT2D eigenvalue weighted by molar-refractivity contribution is 0.232. The molecule has 1 heterocycles. The SMILES string of the molecule is CCN(CC)C1CCN(c2ccc(F)cc2CCN)C1. The molecule has 0 aliphatic carbocycles. The Morgan fingerprint density at radius 2 is 2.10 bits per heavy atom. The molecular weight excluding hydrogens is 253 g/mol. The van der Waals surface area contributed by atoms with E-state index >= 15 is 0 Å². The molecule has 1 aromatic carbocycles. The molecule has 0 saturated carbocycles. The second kappa shape index (κ2) is 7.04. The van der Waals surface area contributed by atoms with Gasteiger partial charge >= 0.3 is 0 Å². The fourth-order valence-corrected chi connectivity index (χ4v) is 3.22. The zero-order valence-corrected chi connectivity index (χ0v) is 12.6. The van der Waals surface area contributed by atoms with E-state index < -0.39 is 0 Å². The minimum absolute atomic E-state index is 0.170. The van der Waals surface area contributed by atoms with Crippen LogP contribution in [0.2, 0.25) is 0 Å². The molecule has 1 fully saturated rings. The zero-order valence-electron chi connectivity index (χ0n) is 12.6. The Balaban J connectivity index is 2.13. The summed E-state index contributed by atoms with van der Waals surface area (Å²) in [7, 11) is 0. The van der Waals surface area contributed by atoms with Crippen molar-refractivity contribution in [3.63, 3.8) is 0 Å². The quantitative estimate of drug-likeness (QED) is 0.867. The molecule has 1 unspecified atom stereocenters. The summed E-state index contributed by atoms with van der Waals surface area (Å²) in [6, 6.07) is 5.71. The summed E-state index contributed by atoms with van der Waals surface area (Å²) in [6.45, 7) is 9.25. The maximum Gasteiger partial charge on any atom is 0.123 e. The first-order valence-corrected chi connectivity index (χ1v) is 7.67. The van der Waals surface area contributed by atoms with Crippen molar-refractivity contribution in [1.82, 2.24) is 4.90 Å². The molecule has 1 aliphatic heterocycles. The van der Waals surface area contributed by atoms with E-state index in [0.717, 1.165) is 43.9 Å². The van der Waals surface area contributed by atoms with Gasteiger partial charge in [0, 0.05) is 24.8 Å². The van der Waals surface area contributed by atoms with Crippen molar-refractivity contribution in [2.75, 3.05) is 37.6 Å². The highest BCUT2D eigenvalue weighted by atomic mass is 19.1. The molecular formula is C16H26FN3. The van der Waals surface area contributed by atoms with Gasteiger partial charge in [-0.3, -0.25) is 4.90 Å². The van der Waals surface area contributed by atoms with Gasteiger partial charge in [-0.05, 0) is 56.2 Å². The molecule has 1 aliphatic rings. The van der Waals surface area contributed by atoms with E-state index in [0.29, 0.717) is 12.6 Å². The molecule has 2 N–H and O–H groups in total. The molecule has 0 spiro atoms. The monoisotopic (exact) mass is 279 g/mol. The molecule has 0 bridgehead atoms. The standard InChI is InChI=1S/C16H26FN3/c1-3-19(4-2)15-8-10-20(12-15)16-6-5-14(17)11-13(16)7-9-18/h5-6,11,15H,3-4,7-10,12,18H2,1-2H3. The molecule has 1 atom stereocenters. The van der Waals surface area contributed by atoms with E-state index in [1.54, 1.807) is 12.1 Å². The first kappa shape index (κ1) is 15.3. The highest BCUT2D eigenvalue weighted by molar-refractivity contribution is 5.55. The van der Waals surface area contributed by atoms with Crippen molar-refractivity contribution in [2.45, 2.75) is 32.7 Å². The van der Waals surface area contributed by atoms with E-state index in [4.69, 9.17) is 5.73 Å². The Morgan fingerprint density at radius 1 is 1.35 bits per heavy atom. The Morgan fingerprint density at radius 3 is 2.75 bits per heavy atom. The molecule has 0 aromatic heterocycles. The van der Waals surface area contributed by atoms with Gasteiger partial charge in [0.1, 0.15) is 5.82 Å². The summed E-state index contributed by atoms with van der Waals surface area (Å²) in [6.07, 6.45) is 1.92. The van der Waals surface area contributed by atoms with Crippen molar-refractivity contribution >= 4 is 5.69 Å². The van der Waals surface area contributed by atoms with Gasteiger partial charge in [-0.15, -0.1) is 0 Å². The molecule has 0 radical (unpaired) electrons. The third-order valence-electron chi connectivity index (χ3n) is 4.29. The van der Waals surface area contributed by atoms with Crippen LogP contribution in [0.5, 0.6) is 0 Å². The summed E-state index contributed by atoms with van der Waals surface area (Å²) >= 11 is 0. The van der Waals surface area contributed by atoms with E-state index in [1.807, 2.05) is 6.07 Å². The molecule has 3 nitrogen and oxygen atoms in total. The molecule has 1 aromatic rings. The predicted molar refractivity (Wildman–Crippen MR) is 82.7 cm³/mol. The largest absolute Gasteiger partial charge is 0.370 e. The lowest BCUT2D eigenvalue weighted by Crippen LogP contribution is -2.37. The van der Waals surface area contributed by atoms with Gasteiger partial charge in [0.25, 0.3) is 0 Å². The topological polar surface area (TPSA) is 32.5 Å². The highest BCUT2D eigenvalue weighted by Gasteiger charge is 2.27.